The summed E-state index contributed by atoms with van der Waals surface area (Å²) >= 11 is 0. The van der Waals surface area contributed by atoms with Crippen molar-refractivity contribution in [3.05, 3.63) is 0 Å². The number of carbonyl (C=O) groups is 1. The quantitative estimate of drug-likeness (QED) is 0.526. The topological polar surface area (TPSA) is 35.5 Å². The molecule has 0 N–H and O–H groups in total. The number of cyclic esters (lactones) is 1. The first-order valence-electron chi connectivity index (χ1n) is 4.93. The third-order valence-electron chi connectivity index (χ3n) is 4.42. The van der Waals surface area contributed by atoms with Gasteiger partial charge in [-0.05, 0) is 26.7 Å². The lowest BCUT2D eigenvalue weighted by molar-refractivity contribution is -0.155. The Morgan fingerprint density at radius 1 is 1.46 bits per heavy atom. The summed E-state index contributed by atoms with van der Waals surface area (Å²) in [5.41, 5.74) is -0.619. The van der Waals surface area contributed by atoms with Gasteiger partial charge in [0.1, 0.15) is 5.41 Å². The fourth-order valence-corrected chi connectivity index (χ4v) is 3.26. The molecule has 3 aliphatic rings. The molecular formula is C10H14O3. The molecule has 3 aliphatic heterocycles. The SMILES string of the molecule is C[C@]12C(=O)OC[C@@H]1[C@H]1CC[C@]2(C)O1. The largest absolute Gasteiger partial charge is 0.465 e. The standard InChI is InChI=1S/C10H14O3/c1-9-4-3-7(13-9)6-5-12-8(11)10(6,9)2/h6-7H,3-5H2,1-2H3/t6-,7-,9+,10-/m1/s1. The van der Waals surface area contributed by atoms with Crippen LogP contribution in [0.5, 0.6) is 0 Å². The van der Waals surface area contributed by atoms with Crippen molar-refractivity contribution in [3.63, 3.8) is 0 Å². The maximum absolute atomic E-state index is 11.7. The fraction of sp³-hybridized carbons (Fsp3) is 0.900. The second kappa shape index (κ2) is 1.92. The van der Waals surface area contributed by atoms with Crippen LogP contribution in [-0.2, 0) is 14.3 Å². The highest BCUT2D eigenvalue weighted by atomic mass is 16.6. The molecular weight excluding hydrogens is 168 g/mol. The molecule has 3 nitrogen and oxygen atoms in total. The Balaban J connectivity index is 2.13. The molecule has 3 fully saturated rings. The van der Waals surface area contributed by atoms with E-state index in [2.05, 4.69) is 6.92 Å². The average Bonchev–Trinajstić information content (AvgIpc) is 2.64. The zero-order valence-corrected chi connectivity index (χ0v) is 8.00. The molecule has 0 unspecified atom stereocenters. The normalized spacial score (nSPS) is 58.2. The zero-order chi connectivity index (χ0) is 9.27. The van der Waals surface area contributed by atoms with Gasteiger partial charge in [-0.2, -0.15) is 0 Å². The highest BCUT2D eigenvalue weighted by Crippen LogP contribution is 2.61. The summed E-state index contributed by atoms with van der Waals surface area (Å²) in [7, 11) is 0. The van der Waals surface area contributed by atoms with Gasteiger partial charge in [-0.1, -0.05) is 0 Å². The van der Waals surface area contributed by atoms with Crippen LogP contribution in [0, 0.1) is 11.3 Å². The van der Waals surface area contributed by atoms with Crippen LogP contribution in [0.4, 0.5) is 0 Å². The van der Waals surface area contributed by atoms with E-state index in [0.29, 0.717) is 12.5 Å². The van der Waals surface area contributed by atoms with E-state index in [4.69, 9.17) is 9.47 Å². The molecule has 0 aromatic carbocycles. The summed E-state index contributed by atoms with van der Waals surface area (Å²) in [4.78, 5) is 11.7. The first-order valence-corrected chi connectivity index (χ1v) is 4.93. The van der Waals surface area contributed by atoms with Gasteiger partial charge in [-0.15, -0.1) is 0 Å². The van der Waals surface area contributed by atoms with E-state index in [1.807, 2.05) is 6.92 Å². The Morgan fingerprint density at radius 3 is 2.92 bits per heavy atom. The Hall–Kier alpha value is -0.570. The Kier molecular flexibility index (Phi) is 1.15. The van der Waals surface area contributed by atoms with Gasteiger partial charge in [-0.3, -0.25) is 4.79 Å². The van der Waals surface area contributed by atoms with E-state index >= 15 is 0 Å². The second-order valence-corrected chi connectivity index (χ2v) is 4.83. The predicted octanol–water partition coefficient (Wildman–Crippen LogP) is 1.12. The van der Waals surface area contributed by atoms with Gasteiger partial charge in [-0.25, -0.2) is 0 Å². The summed E-state index contributed by atoms with van der Waals surface area (Å²) in [6.07, 6.45) is 2.36. The van der Waals surface area contributed by atoms with Crippen molar-refractivity contribution in [1.82, 2.24) is 0 Å². The maximum Gasteiger partial charge on any atom is 0.315 e. The molecule has 2 bridgehead atoms. The Morgan fingerprint density at radius 2 is 2.23 bits per heavy atom. The van der Waals surface area contributed by atoms with Crippen LogP contribution < -0.4 is 0 Å². The number of esters is 1. The van der Waals surface area contributed by atoms with Gasteiger partial charge in [0.15, 0.2) is 0 Å². The van der Waals surface area contributed by atoms with Crippen LogP contribution in [0.15, 0.2) is 0 Å². The van der Waals surface area contributed by atoms with Crippen LogP contribution >= 0.6 is 0 Å². The molecule has 0 aromatic rings. The van der Waals surface area contributed by atoms with Gasteiger partial charge in [0.05, 0.1) is 18.3 Å². The summed E-state index contributed by atoms with van der Waals surface area (Å²) in [6, 6.07) is 0. The van der Waals surface area contributed by atoms with Crippen molar-refractivity contribution in [3.8, 4) is 0 Å². The second-order valence-electron chi connectivity index (χ2n) is 4.83. The number of hydrogen-bond acceptors (Lipinski definition) is 3. The van der Waals surface area contributed by atoms with Crippen molar-refractivity contribution in [1.29, 1.82) is 0 Å². The van der Waals surface area contributed by atoms with E-state index in [9.17, 15) is 4.79 Å². The summed E-state index contributed by atoms with van der Waals surface area (Å²) in [5, 5.41) is 0. The van der Waals surface area contributed by atoms with Crippen molar-refractivity contribution < 1.29 is 14.3 Å². The molecule has 3 heterocycles. The molecule has 3 heteroatoms. The number of fused-ring (bicyclic) bond motifs is 5. The molecule has 0 aromatic heterocycles. The number of hydrogen-bond donors (Lipinski definition) is 0. The van der Waals surface area contributed by atoms with Gasteiger partial charge in [0.25, 0.3) is 0 Å². The third kappa shape index (κ3) is 0.622. The molecule has 72 valence electrons. The first kappa shape index (κ1) is 7.80. The number of rotatable bonds is 0. The summed E-state index contributed by atoms with van der Waals surface area (Å²) in [5.74, 6) is 0.251. The predicted molar refractivity (Wildman–Crippen MR) is 45.1 cm³/mol. The molecule has 4 atom stereocenters. The summed E-state index contributed by atoms with van der Waals surface area (Å²) in [6.45, 7) is 4.63. The van der Waals surface area contributed by atoms with E-state index in [1.165, 1.54) is 0 Å². The van der Waals surface area contributed by atoms with Crippen molar-refractivity contribution in [2.75, 3.05) is 6.61 Å². The van der Waals surface area contributed by atoms with Crippen LogP contribution in [0.2, 0.25) is 0 Å². The highest BCUT2D eigenvalue weighted by molar-refractivity contribution is 5.81. The minimum Gasteiger partial charge on any atom is -0.465 e. The van der Waals surface area contributed by atoms with E-state index in [0.717, 1.165) is 12.8 Å². The van der Waals surface area contributed by atoms with Crippen LogP contribution in [-0.4, -0.2) is 24.3 Å². The lowest BCUT2D eigenvalue weighted by Crippen LogP contribution is -2.47. The molecule has 0 amide bonds. The first-order chi connectivity index (χ1) is 6.08. The fourth-order valence-electron chi connectivity index (χ4n) is 3.26. The van der Waals surface area contributed by atoms with Crippen LogP contribution in [0.3, 0.4) is 0 Å². The minimum absolute atomic E-state index is 0.0535. The molecule has 0 radical (unpaired) electrons. The number of carbonyl (C=O) groups excluding carboxylic acids is 1. The average molecular weight is 182 g/mol. The smallest absolute Gasteiger partial charge is 0.315 e. The monoisotopic (exact) mass is 182 g/mol. The van der Waals surface area contributed by atoms with Gasteiger partial charge >= 0.3 is 5.97 Å². The highest BCUT2D eigenvalue weighted by Gasteiger charge is 2.71. The molecule has 0 aliphatic carbocycles. The molecule has 0 spiro atoms. The van der Waals surface area contributed by atoms with Crippen molar-refractivity contribution in [2.24, 2.45) is 11.3 Å². The minimum atomic E-state index is -0.365. The Labute approximate surface area is 77.4 Å². The lowest BCUT2D eigenvalue weighted by atomic mass is 9.63. The van der Waals surface area contributed by atoms with Gasteiger partial charge < -0.3 is 9.47 Å². The van der Waals surface area contributed by atoms with Gasteiger partial charge in [0.2, 0.25) is 0 Å². The molecule has 13 heavy (non-hydrogen) atoms. The van der Waals surface area contributed by atoms with E-state index in [1.54, 1.807) is 0 Å². The van der Waals surface area contributed by atoms with E-state index < -0.39 is 0 Å². The molecule has 3 rings (SSSR count). The lowest BCUT2D eigenvalue weighted by Gasteiger charge is -2.35. The van der Waals surface area contributed by atoms with Crippen LogP contribution in [0.25, 0.3) is 0 Å². The molecule has 0 saturated carbocycles. The van der Waals surface area contributed by atoms with Crippen LogP contribution in [0.1, 0.15) is 26.7 Å². The van der Waals surface area contributed by atoms with Gasteiger partial charge in [0, 0.05) is 5.92 Å². The zero-order valence-electron chi connectivity index (χ0n) is 8.00. The van der Waals surface area contributed by atoms with Crippen molar-refractivity contribution >= 4 is 5.97 Å². The van der Waals surface area contributed by atoms with Crippen molar-refractivity contribution in [2.45, 2.75) is 38.4 Å². The maximum atomic E-state index is 11.7. The van der Waals surface area contributed by atoms with E-state index in [-0.39, 0.29) is 23.1 Å². The third-order valence-corrected chi connectivity index (χ3v) is 4.42. The molecule has 3 saturated heterocycles. The Bertz CT molecular complexity index is 288. The number of ether oxygens (including phenoxy) is 2. The summed E-state index contributed by atoms with van der Waals surface area (Å²) < 4.78 is 11.0.